The van der Waals surface area contributed by atoms with Gasteiger partial charge in [-0.15, -0.1) is 0 Å². The van der Waals surface area contributed by atoms with E-state index in [0.717, 1.165) is 12.8 Å². The second kappa shape index (κ2) is 5.37. The fourth-order valence-corrected chi connectivity index (χ4v) is 2.57. The zero-order chi connectivity index (χ0) is 14.0. The van der Waals surface area contributed by atoms with E-state index in [1.165, 1.54) is 12.8 Å². The molecule has 1 aliphatic carbocycles. The van der Waals surface area contributed by atoms with Crippen LogP contribution in [0.1, 0.15) is 61.4 Å². The minimum absolute atomic E-state index is 0.225. The first kappa shape index (κ1) is 14.1. The van der Waals surface area contributed by atoms with Gasteiger partial charge in [-0.2, -0.15) is 0 Å². The molecule has 1 aromatic heterocycles. The molecule has 1 heterocycles. The summed E-state index contributed by atoms with van der Waals surface area (Å²) in [6.45, 7) is 6.60. The number of furan rings is 1. The van der Waals surface area contributed by atoms with Crippen molar-refractivity contribution < 1.29 is 19.1 Å². The Hall–Kier alpha value is -1.29. The Balaban J connectivity index is 1.86. The number of rotatable bonds is 4. The Bertz CT molecular complexity index is 449. The molecule has 0 radical (unpaired) electrons. The normalized spacial score (nSPS) is 19.5. The fourth-order valence-electron chi connectivity index (χ4n) is 2.57. The fraction of sp³-hybridized carbons (Fsp3) is 0.667. The third-order valence-electron chi connectivity index (χ3n) is 3.95. The van der Waals surface area contributed by atoms with Crippen molar-refractivity contribution in [2.45, 2.75) is 59.2 Å². The highest BCUT2D eigenvalue weighted by Crippen LogP contribution is 2.36. The van der Waals surface area contributed by atoms with Crippen LogP contribution < -0.4 is 0 Å². The molecule has 1 saturated carbocycles. The summed E-state index contributed by atoms with van der Waals surface area (Å²) in [4.78, 5) is 10.9. The van der Waals surface area contributed by atoms with E-state index in [1.807, 2.05) is 0 Å². The average Bonchev–Trinajstić information content (AvgIpc) is 2.69. The van der Waals surface area contributed by atoms with Crippen LogP contribution in [-0.4, -0.2) is 17.2 Å². The Kier molecular flexibility index (Phi) is 3.99. The molecule has 0 atom stereocenters. The molecule has 0 saturated heterocycles. The minimum Gasteiger partial charge on any atom is -0.478 e. The molecule has 19 heavy (non-hydrogen) atoms. The van der Waals surface area contributed by atoms with E-state index in [2.05, 4.69) is 13.8 Å². The average molecular weight is 266 g/mol. The topological polar surface area (TPSA) is 59.7 Å². The van der Waals surface area contributed by atoms with Gasteiger partial charge in [-0.25, -0.2) is 4.79 Å². The molecule has 106 valence electrons. The van der Waals surface area contributed by atoms with Crippen LogP contribution in [0.4, 0.5) is 0 Å². The van der Waals surface area contributed by atoms with Gasteiger partial charge in [-0.05, 0) is 44.1 Å². The van der Waals surface area contributed by atoms with Gasteiger partial charge in [-0.3, -0.25) is 0 Å². The molecule has 0 aromatic carbocycles. The summed E-state index contributed by atoms with van der Waals surface area (Å²) in [5, 5.41) is 8.95. The van der Waals surface area contributed by atoms with Crippen molar-refractivity contribution in [1.29, 1.82) is 0 Å². The lowest BCUT2D eigenvalue weighted by Crippen LogP contribution is -2.26. The van der Waals surface area contributed by atoms with Crippen LogP contribution in [-0.2, 0) is 11.3 Å². The molecule has 0 spiro atoms. The maximum atomic E-state index is 10.9. The van der Waals surface area contributed by atoms with Gasteiger partial charge in [0, 0.05) is 0 Å². The van der Waals surface area contributed by atoms with E-state index >= 15 is 0 Å². The van der Waals surface area contributed by atoms with Crippen LogP contribution >= 0.6 is 0 Å². The first-order valence-corrected chi connectivity index (χ1v) is 6.81. The maximum absolute atomic E-state index is 10.9. The van der Waals surface area contributed by atoms with Crippen LogP contribution in [0.2, 0.25) is 0 Å². The second-order valence-corrected chi connectivity index (χ2v) is 6.16. The number of carboxylic acids is 1. The lowest BCUT2D eigenvalue weighted by molar-refractivity contribution is -0.0122. The van der Waals surface area contributed by atoms with Gasteiger partial charge in [0.1, 0.15) is 23.7 Å². The van der Waals surface area contributed by atoms with Crippen LogP contribution in [0.25, 0.3) is 0 Å². The monoisotopic (exact) mass is 266 g/mol. The number of carbonyl (C=O) groups is 1. The molecule has 1 N–H and O–H groups in total. The first-order chi connectivity index (χ1) is 8.87. The summed E-state index contributed by atoms with van der Waals surface area (Å²) in [5.74, 6) is 0.0857. The molecule has 0 unspecified atom stereocenters. The van der Waals surface area contributed by atoms with Crippen molar-refractivity contribution >= 4 is 5.97 Å². The number of hydrogen-bond acceptors (Lipinski definition) is 3. The molecule has 0 amide bonds. The Morgan fingerprint density at radius 3 is 2.63 bits per heavy atom. The molecule has 1 aliphatic rings. The molecule has 2 rings (SSSR count). The van der Waals surface area contributed by atoms with Crippen LogP contribution in [0.3, 0.4) is 0 Å². The van der Waals surface area contributed by atoms with Gasteiger partial charge >= 0.3 is 5.97 Å². The van der Waals surface area contributed by atoms with Gasteiger partial charge < -0.3 is 14.3 Å². The minimum atomic E-state index is -0.952. The van der Waals surface area contributed by atoms with Crippen LogP contribution in [0, 0.1) is 12.3 Å². The quantitative estimate of drug-likeness (QED) is 0.901. The summed E-state index contributed by atoms with van der Waals surface area (Å²) in [7, 11) is 0. The Morgan fingerprint density at radius 1 is 1.47 bits per heavy atom. The van der Waals surface area contributed by atoms with E-state index in [1.54, 1.807) is 13.0 Å². The van der Waals surface area contributed by atoms with Crippen LogP contribution in [0.5, 0.6) is 0 Å². The number of hydrogen-bond donors (Lipinski definition) is 1. The molecule has 4 heteroatoms. The Labute approximate surface area is 113 Å². The SMILES string of the molecule is Cc1oc(COC2CCC(C)(C)CC2)cc1C(=O)O. The van der Waals surface area contributed by atoms with Crippen molar-refractivity contribution in [1.82, 2.24) is 0 Å². The summed E-state index contributed by atoms with van der Waals surface area (Å²) < 4.78 is 11.2. The second-order valence-electron chi connectivity index (χ2n) is 6.16. The highest BCUT2D eigenvalue weighted by molar-refractivity contribution is 5.88. The zero-order valence-corrected chi connectivity index (χ0v) is 11.9. The van der Waals surface area contributed by atoms with E-state index in [-0.39, 0.29) is 11.7 Å². The van der Waals surface area contributed by atoms with Crippen molar-refractivity contribution in [2.75, 3.05) is 0 Å². The first-order valence-electron chi connectivity index (χ1n) is 6.81. The van der Waals surface area contributed by atoms with E-state index in [4.69, 9.17) is 14.3 Å². The molecule has 4 nitrogen and oxygen atoms in total. The number of carboxylic acid groups (broad SMARTS) is 1. The number of aromatic carboxylic acids is 1. The molecular weight excluding hydrogens is 244 g/mol. The van der Waals surface area contributed by atoms with E-state index in [9.17, 15) is 4.79 Å². The van der Waals surface area contributed by atoms with Crippen molar-refractivity contribution in [2.24, 2.45) is 5.41 Å². The molecule has 0 bridgehead atoms. The summed E-state index contributed by atoms with van der Waals surface area (Å²) in [5.41, 5.74) is 0.654. The summed E-state index contributed by atoms with van der Waals surface area (Å²) in [6.07, 6.45) is 4.76. The number of ether oxygens (including phenoxy) is 1. The van der Waals surface area contributed by atoms with Crippen molar-refractivity contribution in [3.63, 3.8) is 0 Å². The smallest absolute Gasteiger partial charge is 0.339 e. The predicted octanol–water partition coefficient (Wildman–Crippen LogP) is 3.77. The summed E-state index contributed by atoms with van der Waals surface area (Å²) >= 11 is 0. The molecule has 1 fully saturated rings. The third kappa shape index (κ3) is 3.60. The molecule has 1 aromatic rings. The standard InChI is InChI=1S/C15H22O4/c1-10-13(14(16)17)8-12(19-10)9-18-11-4-6-15(2,3)7-5-11/h8,11H,4-7,9H2,1-3H3,(H,16,17). The maximum Gasteiger partial charge on any atom is 0.339 e. The lowest BCUT2D eigenvalue weighted by Gasteiger charge is -2.33. The zero-order valence-electron chi connectivity index (χ0n) is 11.9. The van der Waals surface area contributed by atoms with Gasteiger partial charge in [0.15, 0.2) is 0 Å². The Morgan fingerprint density at radius 2 is 2.11 bits per heavy atom. The number of aryl methyl sites for hydroxylation is 1. The summed E-state index contributed by atoms with van der Waals surface area (Å²) in [6, 6.07) is 1.56. The van der Waals surface area contributed by atoms with Gasteiger partial charge in [-0.1, -0.05) is 13.8 Å². The van der Waals surface area contributed by atoms with E-state index < -0.39 is 5.97 Å². The lowest BCUT2D eigenvalue weighted by atomic mass is 9.76. The highest BCUT2D eigenvalue weighted by atomic mass is 16.5. The van der Waals surface area contributed by atoms with E-state index in [0.29, 0.717) is 23.5 Å². The predicted molar refractivity (Wildman–Crippen MR) is 71.2 cm³/mol. The van der Waals surface area contributed by atoms with Crippen molar-refractivity contribution in [3.8, 4) is 0 Å². The highest BCUT2D eigenvalue weighted by Gasteiger charge is 2.27. The van der Waals surface area contributed by atoms with Crippen molar-refractivity contribution in [3.05, 3.63) is 23.2 Å². The molecular formula is C15H22O4. The third-order valence-corrected chi connectivity index (χ3v) is 3.95. The largest absolute Gasteiger partial charge is 0.478 e. The van der Waals surface area contributed by atoms with Crippen LogP contribution in [0.15, 0.2) is 10.5 Å². The molecule has 0 aliphatic heterocycles. The van der Waals surface area contributed by atoms with Gasteiger partial charge in [0.2, 0.25) is 0 Å². The van der Waals surface area contributed by atoms with Gasteiger partial charge in [0.25, 0.3) is 0 Å². The van der Waals surface area contributed by atoms with Gasteiger partial charge in [0.05, 0.1) is 6.10 Å².